The molecule has 1 saturated heterocycles. The van der Waals surface area contributed by atoms with E-state index in [4.69, 9.17) is 4.74 Å². The van der Waals surface area contributed by atoms with Crippen molar-refractivity contribution in [2.24, 2.45) is 0 Å². The first-order valence-electron chi connectivity index (χ1n) is 9.30. The molecule has 3 rings (SSSR count). The number of ether oxygens (including phenoxy) is 1. The Morgan fingerprint density at radius 2 is 1.81 bits per heavy atom. The Bertz CT molecular complexity index is 898. The van der Waals surface area contributed by atoms with Crippen molar-refractivity contribution in [1.82, 2.24) is 14.8 Å². The second kappa shape index (κ2) is 8.24. The lowest BCUT2D eigenvalue weighted by Gasteiger charge is -2.34. The van der Waals surface area contributed by atoms with Gasteiger partial charge < -0.3 is 19.5 Å². The van der Waals surface area contributed by atoms with Crippen LogP contribution in [0.4, 0.5) is 4.79 Å². The maximum Gasteiger partial charge on any atom is 0.409 e. The third-order valence-corrected chi connectivity index (χ3v) is 4.88. The summed E-state index contributed by atoms with van der Waals surface area (Å²) in [5.41, 5.74) is 2.40. The Hall–Kier alpha value is -2.83. The van der Waals surface area contributed by atoms with Crippen LogP contribution in [-0.2, 0) is 16.0 Å². The summed E-state index contributed by atoms with van der Waals surface area (Å²) in [6.07, 6.45) is 0.703. The maximum absolute atomic E-state index is 12.5. The topological polar surface area (TPSA) is 82.7 Å². The highest BCUT2D eigenvalue weighted by Gasteiger charge is 2.24. The minimum atomic E-state index is -0.315. The van der Waals surface area contributed by atoms with Crippen LogP contribution in [0.3, 0.4) is 0 Å². The first kappa shape index (κ1) is 18.9. The number of aromatic nitrogens is 1. The number of rotatable bonds is 4. The number of aryl methyl sites for hydroxylation is 2. The highest BCUT2D eigenvalue weighted by molar-refractivity contribution is 5.80. The average molecular weight is 371 g/mol. The molecule has 1 aliphatic rings. The number of piperazine rings is 1. The van der Waals surface area contributed by atoms with Crippen molar-refractivity contribution in [2.75, 3.05) is 32.8 Å². The number of hydrogen-bond acceptors (Lipinski definition) is 4. The molecular weight excluding hydrogens is 346 g/mol. The van der Waals surface area contributed by atoms with Gasteiger partial charge in [0.25, 0.3) is 5.56 Å². The van der Waals surface area contributed by atoms with E-state index in [1.165, 1.54) is 0 Å². The SMILES string of the molecule is CCOC(=O)N1CCN(C(=O)CCc2ccc3cc(C)c(=O)[nH]c3c2)CC1. The molecule has 0 bridgehead atoms. The molecule has 2 heterocycles. The zero-order chi connectivity index (χ0) is 19.4. The van der Waals surface area contributed by atoms with Crippen molar-refractivity contribution in [1.29, 1.82) is 0 Å². The summed E-state index contributed by atoms with van der Waals surface area (Å²) in [7, 11) is 0. The molecule has 1 aromatic carbocycles. The number of aromatic amines is 1. The number of amides is 2. The summed E-state index contributed by atoms with van der Waals surface area (Å²) >= 11 is 0. The fourth-order valence-corrected chi connectivity index (χ4v) is 3.28. The van der Waals surface area contributed by atoms with Crippen molar-refractivity contribution in [2.45, 2.75) is 26.7 Å². The lowest BCUT2D eigenvalue weighted by molar-refractivity contribution is -0.132. The van der Waals surface area contributed by atoms with Gasteiger partial charge >= 0.3 is 6.09 Å². The van der Waals surface area contributed by atoms with E-state index in [9.17, 15) is 14.4 Å². The molecule has 2 amide bonds. The number of pyridine rings is 1. The van der Waals surface area contributed by atoms with E-state index in [1.807, 2.05) is 24.3 Å². The third-order valence-electron chi connectivity index (χ3n) is 4.88. The Labute approximate surface area is 157 Å². The summed E-state index contributed by atoms with van der Waals surface area (Å²) in [4.78, 5) is 42.3. The van der Waals surface area contributed by atoms with Crippen molar-refractivity contribution in [3.05, 3.63) is 45.7 Å². The largest absolute Gasteiger partial charge is 0.450 e. The Morgan fingerprint density at radius 3 is 2.52 bits per heavy atom. The van der Waals surface area contributed by atoms with Crippen molar-refractivity contribution in [3.8, 4) is 0 Å². The number of benzene rings is 1. The molecule has 0 atom stereocenters. The van der Waals surface area contributed by atoms with Gasteiger partial charge in [-0.3, -0.25) is 9.59 Å². The van der Waals surface area contributed by atoms with Gasteiger partial charge in [-0.2, -0.15) is 0 Å². The molecular formula is C20H25N3O4. The molecule has 0 spiro atoms. The molecule has 0 aliphatic carbocycles. The summed E-state index contributed by atoms with van der Waals surface area (Å²) in [5, 5.41) is 0.984. The van der Waals surface area contributed by atoms with E-state index in [1.54, 1.807) is 23.6 Å². The summed E-state index contributed by atoms with van der Waals surface area (Å²) in [6, 6.07) is 7.76. The second-order valence-corrected chi connectivity index (χ2v) is 6.77. The van der Waals surface area contributed by atoms with Crippen LogP contribution in [0.2, 0.25) is 0 Å². The standard InChI is InChI=1S/C20H25N3O4/c1-3-27-20(26)23-10-8-22(9-11-23)18(24)7-5-15-4-6-16-12-14(2)19(25)21-17(16)13-15/h4,6,12-13H,3,5,7-11H2,1-2H3,(H,21,25). The van der Waals surface area contributed by atoms with Gasteiger partial charge in [-0.1, -0.05) is 12.1 Å². The zero-order valence-electron chi connectivity index (χ0n) is 15.8. The number of nitrogens with zero attached hydrogens (tertiary/aromatic N) is 2. The molecule has 0 unspecified atom stereocenters. The third kappa shape index (κ3) is 4.48. The zero-order valence-corrected chi connectivity index (χ0v) is 15.8. The van der Waals surface area contributed by atoms with Crippen molar-refractivity contribution < 1.29 is 14.3 Å². The Morgan fingerprint density at radius 1 is 1.11 bits per heavy atom. The predicted molar refractivity (Wildman–Crippen MR) is 103 cm³/mol. The number of hydrogen-bond donors (Lipinski definition) is 1. The monoisotopic (exact) mass is 371 g/mol. The van der Waals surface area contributed by atoms with Gasteiger partial charge in [-0.25, -0.2) is 4.79 Å². The number of carbonyl (C=O) groups excluding carboxylic acids is 2. The van der Waals surface area contributed by atoms with Gasteiger partial charge in [-0.15, -0.1) is 0 Å². The van der Waals surface area contributed by atoms with Crippen LogP contribution in [0.25, 0.3) is 10.9 Å². The number of nitrogens with one attached hydrogen (secondary N) is 1. The van der Waals surface area contributed by atoms with E-state index in [-0.39, 0.29) is 17.6 Å². The first-order valence-corrected chi connectivity index (χ1v) is 9.30. The van der Waals surface area contributed by atoms with Gasteiger partial charge in [0, 0.05) is 43.7 Å². The fourth-order valence-electron chi connectivity index (χ4n) is 3.28. The number of H-pyrrole nitrogens is 1. The Kier molecular flexibility index (Phi) is 5.78. The number of fused-ring (bicyclic) bond motifs is 1. The van der Waals surface area contributed by atoms with Crippen LogP contribution in [0.1, 0.15) is 24.5 Å². The highest BCUT2D eigenvalue weighted by Crippen LogP contribution is 2.15. The van der Waals surface area contributed by atoms with Gasteiger partial charge in [-0.05, 0) is 43.4 Å². The minimum absolute atomic E-state index is 0.0796. The van der Waals surface area contributed by atoms with Crippen LogP contribution in [0, 0.1) is 6.92 Å². The molecule has 1 aliphatic heterocycles. The molecule has 7 heteroatoms. The first-order chi connectivity index (χ1) is 13.0. The summed E-state index contributed by atoms with van der Waals surface area (Å²) in [5.74, 6) is 0.0796. The van der Waals surface area contributed by atoms with E-state index >= 15 is 0 Å². The molecule has 27 heavy (non-hydrogen) atoms. The van der Waals surface area contributed by atoms with Gasteiger partial charge in [0.05, 0.1) is 6.61 Å². The van der Waals surface area contributed by atoms with E-state index in [2.05, 4.69) is 4.98 Å². The van der Waals surface area contributed by atoms with Crippen LogP contribution < -0.4 is 5.56 Å². The lowest BCUT2D eigenvalue weighted by atomic mass is 10.1. The van der Waals surface area contributed by atoms with Crippen LogP contribution in [-0.4, -0.2) is 59.6 Å². The molecule has 0 radical (unpaired) electrons. The fraction of sp³-hybridized carbons (Fsp3) is 0.450. The molecule has 0 saturated carbocycles. The molecule has 144 valence electrons. The van der Waals surface area contributed by atoms with Crippen molar-refractivity contribution in [3.63, 3.8) is 0 Å². The normalized spacial score (nSPS) is 14.4. The van der Waals surface area contributed by atoms with Gasteiger partial charge in [0.15, 0.2) is 0 Å². The van der Waals surface area contributed by atoms with Crippen LogP contribution in [0.15, 0.2) is 29.1 Å². The quantitative estimate of drug-likeness (QED) is 0.892. The Balaban J connectivity index is 1.55. The highest BCUT2D eigenvalue weighted by atomic mass is 16.6. The molecule has 2 aromatic rings. The van der Waals surface area contributed by atoms with Crippen molar-refractivity contribution >= 4 is 22.9 Å². The molecule has 1 fully saturated rings. The summed E-state index contributed by atoms with van der Waals surface area (Å²) in [6.45, 7) is 5.98. The lowest BCUT2D eigenvalue weighted by Crippen LogP contribution is -2.50. The molecule has 7 nitrogen and oxygen atoms in total. The molecule has 1 N–H and O–H groups in total. The minimum Gasteiger partial charge on any atom is -0.450 e. The van der Waals surface area contributed by atoms with E-state index in [0.29, 0.717) is 51.2 Å². The van der Waals surface area contributed by atoms with E-state index in [0.717, 1.165) is 16.5 Å². The van der Waals surface area contributed by atoms with Gasteiger partial charge in [0.2, 0.25) is 5.91 Å². The van der Waals surface area contributed by atoms with Gasteiger partial charge in [0.1, 0.15) is 0 Å². The average Bonchev–Trinajstić information content (AvgIpc) is 2.67. The predicted octanol–water partition coefficient (Wildman–Crippen LogP) is 2.07. The van der Waals surface area contributed by atoms with Crippen LogP contribution >= 0.6 is 0 Å². The second-order valence-electron chi connectivity index (χ2n) is 6.77. The van der Waals surface area contributed by atoms with E-state index < -0.39 is 0 Å². The number of carbonyl (C=O) groups is 2. The smallest absolute Gasteiger partial charge is 0.409 e. The summed E-state index contributed by atoms with van der Waals surface area (Å²) < 4.78 is 4.99. The maximum atomic E-state index is 12.5. The molecule has 1 aromatic heterocycles. The van der Waals surface area contributed by atoms with Crippen LogP contribution in [0.5, 0.6) is 0 Å².